The topological polar surface area (TPSA) is 61.9 Å². The van der Waals surface area contributed by atoms with E-state index in [9.17, 15) is 9.59 Å². The monoisotopic (exact) mass is 417 g/mol. The van der Waals surface area contributed by atoms with Gasteiger partial charge in [0, 0.05) is 35.4 Å². The Morgan fingerprint density at radius 3 is 2.55 bits per heavy atom. The zero-order chi connectivity index (χ0) is 16.1. The van der Waals surface area contributed by atoms with Crippen molar-refractivity contribution in [2.24, 2.45) is 0 Å². The summed E-state index contributed by atoms with van der Waals surface area (Å²) in [5, 5.41) is 2.94. The fraction of sp³-hybridized carbons (Fsp3) is 0.467. The summed E-state index contributed by atoms with van der Waals surface area (Å²) in [6, 6.07) is 5.92. The van der Waals surface area contributed by atoms with Gasteiger partial charge in [0.05, 0.1) is 13.7 Å². The number of benzene rings is 1. The maximum atomic E-state index is 12.1. The molecule has 6 nitrogen and oxygen atoms in total. The summed E-state index contributed by atoms with van der Waals surface area (Å²) < 4.78 is 5.84. The zero-order valence-corrected chi connectivity index (χ0v) is 14.9. The Labute approximate surface area is 143 Å². The first-order valence-electron chi connectivity index (χ1n) is 7.11. The van der Waals surface area contributed by atoms with Gasteiger partial charge in [0.2, 0.25) is 5.91 Å². The Kier molecular flexibility index (Phi) is 6.01. The molecule has 120 valence electrons. The lowest BCUT2D eigenvalue weighted by Gasteiger charge is -2.33. The molecule has 1 aromatic carbocycles. The van der Waals surface area contributed by atoms with Gasteiger partial charge in [-0.15, -0.1) is 0 Å². The molecule has 0 atom stereocenters. The molecular weight excluding hydrogens is 397 g/mol. The van der Waals surface area contributed by atoms with Gasteiger partial charge in [-0.1, -0.05) is 0 Å². The highest BCUT2D eigenvalue weighted by atomic mass is 127. The number of carbonyl (C=O) groups excluding carboxylic acids is 2. The number of ether oxygens (including phenoxy) is 1. The molecule has 1 fully saturated rings. The van der Waals surface area contributed by atoms with Crippen molar-refractivity contribution in [3.8, 4) is 0 Å². The molecule has 22 heavy (non-hydrogen) atoms. The smallest absolute Gasteiger partial charge is 0.409 e. The summed E-state index contributed by atoms with van der Waals surface area (Å²) in [5.41, 5.74) is 1.90. The lowest BCUT2D eigenvalue weighted by Crippen LogP contribution is -2.50. The number of halogens is 1. The Morgan fingerprint density at radius 2 is 1.95 bits per heavy atom. The van der Waals surface area contributed by atoms with E-state index < -0.39 is 0 Å². The predicted molar refractivity (Wildman–Crippen MR) is 92.9 cm³/mol. The Bertz CT molecular complexity index is 557. The van der Waals surface area contributed by atoms with Crippen molar-refractivity contribution in [1.29, 1.82) is 0 Å². The number of methoxy groups -OCH3 is 1. The molecule has 0 spiro atoms. The number of nitrogens with zero attached hydrogens (tertiary/aromatic N) is 2. The van der Waals surface area contributed by atoms with Crippen LogP contribution in [0.2, 0.25) is 0 Å². The van der Waals surface area contributed by atoms with E-state index in [1.54, 1.807) is 4.90 Å². The van der Waals surface area contributed by atoms with E-state index in [0.29, 0.717) is 32.7 Å². The fourth-order valence-electron chi connectivity index (χ4n) is 2.38. The van der Waals surface area contributed by atoms with E-state index in [1.165, 1.54) is 7.11 Å². The molecule has 1 heterocycles. The number of anilines is 1. The standard InChI is InChI=1S/C15H20IN3O3/c1-11-9-12(16)3-4-13(11)17-14(20)10-18-5-7-19(8-6-18)15(21)22-2/h3-4,9H,5-8,10H2,1-2H3,(H,17,20). The molecule has 0 aliphatic carbocycles. The predicted octanol–water partition coefficient (Wildman–Crippen LogP) is 1.92. The number of amides is 2. The second kappa shape index (κ2) is 7.77. The highest BCUT2D eigenvalue weighted by molar-refractivity contribution is 14.1. The second-order valence-electron chi connectivity index (χ2n) is 5.24. The number of hydrogen-bond acceptors (Lipinski definition) is 4. The normalized spacial score (nSPS) is 15.5. The highest BCUT2D eigenvalue weighted by Gasteiger charge is 2.22. The first kappa shape index (κ1) is 17.0. The van der Waals surface area contributed by atoms with E-state index >= 15 is 0 Å². The summed E-state index contributed by atoms with van der Waals surface area (Å²) in [6.45, 7) is 4.83. The van der Waals surface area contributed by atoms with Crippen LogP contribution in [0.4, 0.5) is 10.5 Å². The largest absolute Gasteiger partial charge is 0.453 e. The van der Waals surface area contributed by atoms with Crippen molar-refractivity contribution in [3.63, 3.8) is 0 Å². The summed E-state index contributed by atoms with van der Waals surface area (Å²) in [5.74, 6) is -0.0316. The summed E-state index contributed by atoms with van der Waals surface area (Å²) in [6.07, 6.45) is -0.307. The van der Waals surface area contributed by atoms with Gasteiger partial charge in [0.1, 0.15) is 0 Å². The van der Waals surface area contributed by atoms with E-state index in [-0.39, 0.29) is 12.0 Å². The first-order chi connectivity index (χ1) is 10.5. The SMILES string of the molecule is COC(=O)N1CCN(CC(=O)Nc2ccc(I)cc2C)CC1. The average Bonchev–Trinajstić information content (AvgIpc) is 2.50. The van der Waals surface area contributed by atoms with Crippen LogP contribution < -0.4 is 5.32 Å². The van der Waals surface area contributed by atoms with Gasteiger partial charge in [0.15, 0.2) is 0 Å². The first-order valence-corrected chi connectivity index (χ1v) is 8.18. The van der Waals surface area contributed by atoms with Gasteiger partial charge < -0.3 is 15.0 Å². The summed E-state index contributed by atoms with van der Waals surface area (Å²) in [4.78, 5) is 27.2. The molecule has 0 unspecified atom stereocenters. The van der Waals surface area contributed by atoms with Gasteiger partial charge in [-0.05, 0) is 53.3 Å². The summed E-state index contributed by atoms with van der Waals surface area (Å²) >= 11 is 2.25. The minimum Gasteiger partial charge on any atom is -0.453 e. The third kappa shape index (κ3) is 4.57. The summed E-state index contributed by atoms with van der Waals surface area (Å²) in [7, 11) is 1.38. The van der Waals surface area contributed by atoms with E-state index in [4.69, 9.17) is 4.74 Å². The molecule has 0 saturated carbocycles. The molecule has 0 bridgehead atoms. The van der Waals surface area contributed by atoms with Crippen LogP contribution in [0.3, 0.4) is 0 Å². The molecule has 0 aromatic heterocycles. The van der Waals surface area contributed by atoms with Crippen LogP contribution in [0.5, 0.6) is 0 Å². The van der Waals surface area contributed by atoms with Crippen LogP contribution in [0.1, 0.15) is 5.56 Å². The number of rotatable bonds is 3. The third-order valence-electron chi connectivity index (χ3n) is 3.63. The number of nitrogens with one attached hydrogen (secondary N) is 1. The molecule has 2 amide bonds. The quantitative estimate of drug-likeness (QED) is 0.764. The molecule has 1 saturated heterocycles. The highest BCUT2D eigenvalue weighted by Crippen LogP contribution is 2.17. The van der Waals surface area contributed by atoms with Crippen molar-refractivity contribution in [2.45, 2.75) is 6.92 Å². The number of aryl methyl sites for hydroxylation is 1. The van der Waals surface area contributed by atoms with Crippen LogP contribution in [-0.4, -0.2) is 61.6 Å². The Hall–Kier alpha value is -1.35. The van der Waals surface area contributed by atoms with Crippen molar-refractivity contribution >= 4 is 40.3 Å². The van der Waals surface area contributed by atoms with Crippen molar-refractivity contribution < 1.29 is 14.3 Å². The lowest BCUT2D eigenvalue weighted by atomic mass is 10.2. The fourth-order valence-corrected chi connectivity index (χ4v) is 3.02. The van der Waals surface area contributed by atoms with Gasteiger partial charge in [-0.3, -0.25) is 9.69 Å². The molecule has 0 radical (unpaired) electrons. The molecule has 7 heteroatoms. The molecule has 1 N–H and O–H groups in total. The van der Waals surface area contributed by atoms with E-state index in [0.717, 1.165) is 14.8 Å². The number of carbonyl (C=O) groups is 2. The molecular formula is C15H20IN3O3. The third-order valence-corrected chi connectivity index (χ3v) is 4.31. The minimum absolute atomic E-state index is 0.0316. The van der Waals surface area contributed by atoms with E-state index in [2.05, 4.69) is 27.9 Å². The molecule has 2 rings (SSSR count). The van der Waals surface area contributed by atoms with Crippen LogP contribution in [0.25, 0.3) is 0 Å². The van der Waals surface area contributed by atoms with E-state index in [1.807, 2.05) is 30.0 Å². The van der Waals surface area contributed by atoms with Crippen LogP contribution >= 0.6 is 22.6 Å². The zero-order valence-electron chi connectivity index (χ0n) is 12.8. The molecule has 1 aliphatic rings. The van der Waals surface area contributed by atoms with Gasteiger partial charge in [-0.25, -0.2) is 4.79 Å². The van der Waals surface area contributed by atoms with Crippen LogP contribution in [0, 0.1) is 10.5 Å². The maximum absolute atomic E-state index is 12.1. The van der Waals surface area contributed by atoms with Gasteiger partial charge >= 0.3 is 6.09 Å². The lowest BCUT2D eigenvalue weighted by molar-refractivity contribution is -0.117. The Morgan fingerprint density at radius 1 is 1.27 bits per heavy atom. The average molecular weight is 417 g/mol. The van der Waals surface area contributed by atoms with Gasteiger partial charge in [0.25, 0.3) is 0 Å². The van der Waals surface area contributed by atoms with Crippen molar-refractivity contribution in [1.82, 2.24) is 9.80 Å². The van der Waals surface area contributed by atoms with Crippen LogP contribution in [0.15, 0.2) is 18.2 Å². The number of piperazine rings is 1. The number of hydrogen-bond donors (Lipinski definition) is 1. The van der Waals surface area contributed by atoms with Crippen LogP contribution in [-0.2, 0) is 9.53 Å². The maximum Gasteiger partial charge on any atom is 0.409 e. The Balaban J connectivity index is 1.82. The second-order valence-corrected chi connectivity index (χ2v) is 6.49. The van der Waals surface area contributed by atoms with Gasteiger partial charge in [-0.2, -0.15) is 0 Å². The molecule has 1 aromatic rings. The minimum atomic E-state index is -0.307. The van der Waals surface area contributed by atoms with Crippen molar-refractivity contribution in [2.75, 3.05) is 45.2 Å². The molecule has 1 aliphatic heterocycles. The van der Waals surface area contributed by atoms with Crippen molar-refractivity contribution in [3.05, 3.63) is 27.3 Å².